The summed E-state index contributed by atoms with van der Waals surface area (Å²) in [6.07, 6.45) is 10.1. The molecule has 1 aliphatic rings. The van der Waals surface area contributed by atoms with E-state index < -0.39 is 5.97 Å². The van der Waals surface area contributed by atoms with E-state index in [0.29, 0.717) is 44.2 Å². The number of benzene rings is 1. The lowest BCUT2D eigenvalue weighted by molar-refractivity contribution is -0.143. The zero-order valence-electron chi connectivity index (χ0n) is 22.4. The van der Waals surface area contributed by atoms with E-state index in [-0.39, 0.29) is 17.0 Å². The minimum Gasteiger partial charge on any atom is -0.491 e. The number of ether oxygens (including phenoxy) is 3. The second-order valence-corrected chi connectivity index (χ2v) is 9.64. The molecule has 3 heterocycles. The molecule has 38 heavy (non-hydrogen) atoms. The lowest BCUT2D eigenvalue weighted by atomic mass is 10.1. The Morgan fingerprint density at radius 1 is 1.00 bits per heavy atom. The van der Waals surface area contributed by atoms with Gasteiger partial charge in [0.1, 0.15) is 16.8 Å². The van der Waals surface area contributed by atoms with Gasteiger partial charge in [-0.15, -0.1) is 0 Å². The third-order valence-electron chi connectivity index (χ3n) is 6.85. The van der Waals surface area contributed by atoms with Crippen LogP contribution in [-0.2, 0) is 27.4 Å². The Morgan fingerprint density at radius 2 is 1.79 bits per heavy atom. The van der Waals surface area contributed by atoms with Gasteiger partial charge in [0.2, 0.25) is 0 Å². The van der Waals surface area contributed by atoms with Crippen LogP contribution in [0.1, 0.15) is 75.1 Å². The molecule has 2 aromatic heterocycles. The van der Waals surface area contributed by atoms with Gasteiger partial charge in [-0.25, -0.2) is 4.79 Å². The quantitative estimate of drug-likeness (QED) is 0.214. The van der Waals surface area contributed by atoms with Crippen molar-refractivity contribution in [2.45, 2.75) is 77.8 Å². The first kappa shape index (κ1) is 27.4. The number of carbonyl (C=O) groups is 2. The van der Waals surface area contributed by atoms with Gasteiger partial charge in [0.25, 0.3) is 0 Å². The van der Waals surface area contributed by atoms with E-state index in [1.807, 2.05) is 27.4 Å². The Hall–Kier alpha value is -3.62. The molecule has 9 heteroatoms. The fourth-order valence-corrected chi connectivity index (χ4v) is 4.80. The number of unbranched alkanes of at least 4 members (excludes halogenated alkanes) is 6. The van der Waals surface area contributed by atoms with Crippen molar-refractivity contribution < 1.29 is 23.8 Å². The normalized spacial score (nSPS) is 12.2. The molecule has 0 radical (unpaired) electrons. The molecular weight excluding hydrogens is 486 g/mol. The molecule has 0 saturated heterocycles. The van der Waals surface area contributed by atoms with Crippen molar-refractivity contribution >= 4 is 22.8 Å². The van der Waals surface area contributed by atoms with Crippen LogP contribution in [0.4, 0.5) is 0 Å². The van der Waals surface area contributed by atoms with Crippen molar-refractivity contribution in [3.8, 4) is 17.1 Å². The molecule has 4 rings (SSSR count). The van der Waals surface area contributed by atoms with E-state index in [1.165, 1.54) is 26.0 Å². The maximum Gasteiger partial charge on any atom is 0.343 e. The topological polar surface area (TPSA) is 102 Å². The average Bonchev–Trinajstić information content (AvgIpc) is 3.31. The highest BCUT2D eigenvalue weighted by molar-refractivity contribution is 5.96. The summed E-state index contributed by atoms with van der Waals surface area (Å²) in [4.78, 5) is 36.4. The van der Waals surface area contributed by atoms with Gasteiger partial charge in [0, 0.05) is 30.6 Å². The maximum absolute atomic E-state index is 12.6. The van der Waals surface area contributed by atoms with Gasteiger partial charge in [-0.05, 0) is 25.3 Å². The molecule has 204 valence electrons. The van der Waals surface area contributed by atoms with Gasteiger partial charge in [-0.2, -0.15) is 5.10 Å². The summed E-state index contributed by atoms with van der Waals surface area (Å²) >= 11 is 0. The second kappa shape index (κ2) is 13.3. The van der Waals surface area contributed by atoms with Crippen molar-refractivity contribution in [1.29, 1.82) is 0 Å². The molecule has 0 spiro atoms. The lowest BCUT2D eigenvalue weighted by Crippen LogP contribution is -2.24. The average molecular weight is 524 g/mol. The number of carbonyl (C=O) groups excluding carboxylic acids is 2. The molecule has 0 aliphatic carbocycles. The Morgan fingerprint density at radius 3 is 2.61 bits per heavy atom. The van der Waals surface area contributed by atoms with Crippen LogP contribution in [0, 0.1) is 0 Å². The monoisotopic (exact) mass is 523 g/mol. The third-order valence-corrected chi connectivity index (χ3v) is 6.85. The second-order valence-electron chi connectivity index (χ2n) is 9.64. The highest BCUT2D eigenvalue weighted by Gasteiger charge is 2.24. The van der Waals surface area contributed by atoms with E-state index in [1.54, 1.807) is 6.20 Å². The number of methoxy groups -OCH3 is 1. The summed E-state index contributed by atoms with van der Waals surface area (Å²) in [5.74, 6) is -0.0303. The van der Waals surface area contributed by atoms with E-state index >= 15 is 0 Å². The Kier molecular flexibility index (Phi) is 9.56. The molecular formula is C29H37N3O6. The number of hydrogen-bond acceptors (Lipinski definition) is 7. The minimum atomic E-state index is -0.636. The predicted octanol–water partition coefficient (Wildman–Crippen LogP) is 5.12. The molecule has 1 aliphatic heterocycles. The number of esters is 2. The fourth-order valence-electron chi connectivity index (χ4n) is 4.80. The fraction of sp³-hybridized carbons (Fsp3) is 0.517. The van der Waals surface area contributed by atoms with Gasteiger partial charge >= 0.3 is 11.9 Å². The number of rotatable bonds is 14. The molecule has 0 fully saturated rings. The smallest absolute Gasteiger partial charge is 0.343 e. The largest absolute Gasteiger partial charge is 0.491 e. The minimum absolute atomic E-state index is 0.0249. The van der Waals surface area contributed by atoms with Crippen LogP contribution >= 0.6 is 0 Å². The van der Waals surface area contributed by atoms with Gasteiger partial charge < -0.3 is 18.8 Å². The highest BCUT2D eigenvalue weighted by Crippen LogP contribution is 2.35. The molecule has 9 nitrogen and oxygen atoms in total. The number of pyridine rings is 1. The lowest BCUT2D eigenvalue weighted by Gasteiger charge is -2.21. The van der Waals surface area contributed by atoms with E-state index in [9.17, 15) is 14.4 Å². The predicted molar refractivity (Wildman–Crippen MR) is 144 cm³/mol. The molecule has 0 unspecified atom stereocenters. The number of aromatic nitrogens is 3. The zero-order chi connectivity index (χ0) is 26.9. The van der Waals surface area contributed by atoms with Crippen LogP contribution in [0.3, 0.4) is 0 Å². The van der Waals surface area contributed by atoms with E-state index in [0.717, 1.165) is 55.1 Å². The number of fused-ring (bicyclic) bond motifs is 5. The molecule has 1 aromatic carbocycles. The summed E-state index contributed by atoms with van der Waals surface area (Å²) in [5.41, 5.74) is 1.95. The van der Waals surface area contributed by atoms with Crippen LogP contribution in [0.5, 0.6) is 5.75 Å². The summed E-state index contributed by atoms with van der Waals surface area (Å²) in [6.45, 7) is 4.45. The van der Waals surface area contributed by atoms with Crippen molar-refractivity contribution in [3.63, 3.8) is 0 Å². The summed E-state index contributed by atoms with van der Waals surface area (Å²) < 4.78 is 19.9. The first-order valence-corrected chi connectivity index (χ1v) is 13.6. The molecule has 0 saturated carbocycles. The molecule has 0 bridgehead atoms. The van der Waals surface area contributed by atoms with Gasteiger partial charge in [-0.1, -0.05) is 51.2 Å². The molecule has 0 atom stereocenters. The Balaban J connectivity index is 1.30. The van der Waals surface area contributed by atoms with Crippen molar-refractivity contribution in [2.24, 2.45) is 0 Å². The Labute approximate surface area is 222 Å². The van der Waals surface area contributed by atoms with Crippen molar-refractivity contribution in [3.05, 3.63) is 46.2 Å². The number of aryl methyl sites for hydroxylation is 2. The van der Waals surface area contributed by atoms with Gasteiger partial charge in [-0.3, -0.25) is 14.3 Å². The summed E-state index contributed by atoms with van der Waals surface area (Å²) in [6, 6.07) is 7.28. The molecule has 3 aromatic rings. The van der Waals surface area contributed by atoms with Crippen molar-refractivity contribution in [1.82, 2.24) is 14.3 Å². The highest BCUT2D eigenvalue weighted by atomic mass is 16.5. The standard InChI is InChI=1S/C29H37N3O6/c1-3-4-5-9-18-38-26(34)14-8-6-7-10-17-37-25-13-11-12-21-27(25)30-32-16-15-31-20-22(29(35)36-2)24(33)19-23(31)28(21)32/h11-13,19-20H,3-10,14-18H2,1-2H3. The Bertz CT molecular complexity index is 1330. The van der Waals surface area contributed by atoms with Crippen LogP contribution in [0.2, 0.25) is 0 Å². The van der Waals surface area contributed by atoms with Crippen LogP contribution in [-0.4, -0.2) is 46.6 Å². The number of nitrogens with zero attached hydrogens (tertiary/aromatic N) is 3. The van der Waals surface area contributed by atoms with Gasteiger partial charge in [0.15, 0.2) is 5.43 Å². The van der Waals surface area contributed by atoms with Gasteiger partial charge in [0.05, 0.1) is 38.3 Å². The van der Waals surface area contributed by atoms with Crippen LogP contribution in [0.25, 0.3) is 22.3 Å². The summed E-state index contributed by atoms with van der Waals surface area (Å²) in [5, 5.41) is 5.67. The molecule has 0 amide bonds. The van der Waals surface area contributed by atoms with Crippen molar-refractivity contribution in [2.75, 3.05) is 20.3 Å². The van der Waals surface area contributed by atoms with E-state index in [4.69, 9.17) is 19.3 Å². The first-order chi connectivity index (χ1) is 18.5. The molecule has 0 N–H and O–H groups in total. The first-order valence-electron chi connectivity index (χ1n) is 13.6. The maximum atomic E-state index is 12.6. The van der Waals surface area contributed by atoms with E-state index in [2.05, 4.69) is 6.92 Å². The summed E-state index contributed by atoms with van der Waals surface area (Å²) in [7, 11) is 1.27. The van der Waals surface area contributed by atoms with Crippen LogP contribution < -0.4 is 10.2 Å². The number of hydrogen-bond donors (Lipinski definition) is 0. The van der Waals surface area contributed by atoms with Crippen LogP contribution in [0.15, 0.2) is 35.3 Å². The zero-order valence-corrected chi connectivity index (χ0v) is 22.4. The SMILES string of the molecule is CCCCCCOC(=O)CCCCCCOc1cccc2c3n(nc12)CCn1cc(C(=O)OC)c(=O)cc1-3. The third kappa shape index (κ3) is 6.44.